The van der Waals surface area contributed by atoms with Gasteiger partial charge in [0.05, 0.1) is 47.6 Å². The number of amides is 1. The van der Waals surface area contributed by atoms with Crippen molar-refractivity contribution in [2.24, 2.45) is 0 Å². The normalized spacial score (nSPS) is 20.3. The number of carbonyl (C=O) groups excluding carboxylic acids is 1. The van der Waals surface area contributed by atoms with E-state index in [1.54, 1.807) is 22.9 Å². The van der Waals surface area contributed by atoms with Gasteiger partial charge in [-0.25, -0.2) is 9.97 Å². The van der Waals surface area contributed by atoms with Gasteiger partial charge in [-0.1, -0.05) is 0 Å². The molecule has 0 bridgehead atoms. The highest BCUT2D eigenvalue weighted by molar-refractivity contribution is 7.07. The van der Waals surface area contributed by atoms with Gasteiger partial charge in [0.1, 0.15) is 5.82 Å². The maximum Gasteiger partial charge on any atom is 0.251 e. The first kappa shape index (κ1) is 17.1. The largest absolute Gasteiger partial charge is 0.379 e. The van der Waals surface area contributed by atoms with Crippen LogP contribution in [0.4, 0.5) is 0 Å². The molecule has 0 spiro atoms. The van der Waals surface area contributed by atoms with Crippen molar-refractivity contribution >= 4 is 28.3 Å². The highest BCUT2D eigenvalue weighted by atomic mass is 32.1. The van der Waals surface area contributed by atoms with Crippen LogP contribution in [0.3, 0.4) is 0 Å². The number of rotatable bonds is 5. The van der Waals surface area contributed by atoms with E-state index < -0.39 is 0 Å². The Balaban J connectivity index is 1.43. The van der Waals surface area contributed by atoms with Gasteiger partial charge in [0.2, 0.25) is 0 Å². The van der Waals surface area contributed by atoms with Gasteiger partial charge >= 0.3 is 0 Å². The maximum atomic E-state index is 12.7. The van der Waals surface area contributed by atoms with E-state index in [0.717, 1.165) is 29.0 Å². The number of nitrogens with zero attached hydrogens (tertiary/aromatic N) is 2. The van der Waals surface area contributed by atoms with E-state index >= 15 is 0 Å². The molecule has 2 N–H and O–H groups in total. The molecule has 3 aromatic rings. The second-order valence-corrected chi connectivity index (χ2v) is 7.05. The molecule has 2 aromatic heterocycles. The van der Waals surface area contributed by atoms with Crippen molar-refractivity contribution in [2.75, 3.05) is 13.2 Å². The molecule has 0 saturated carbocycles. The van der Waals surface area contributed by atoms with Crippen LogP contribution in [0.2, 0.25) is 0 Å². The molecule has 0 aliphatic carbocycles. The number of aromatic amines is 1. The lowest BCUT2D eigenvalue weighted by atomic mass is 10.1. The van der Waals surface area contributed by atoms with Gasteiger partial charge in [0.15, 0.2) is 0 Å². The Bertz CT molecular complexity index is 893. The molecule has 136 valence electrons. The number of carbonyl (C=O) groups is 1. The van der Waals surface area contributed by atoms with E-state index in [-0.39, 0.29) is 18.1 Å². The number of benzene rings is 1. The fourth-order valence-corrected chi connectivity index (χ4v) is 3.63. The van der Waals surface area contributed by atoms with Gasteiger partial charge in [-0.05, 0) is 31.5 Å². The molecule has 1 amide bonds. The van der Waals surface area contributed by atoms with Crippen LogP contribution in [-0.2, 0) is 16.1 Å². The van der Waals surface area contributed by atoms with Crippen molar-refractivity contribution in [3.8, 4) is 0 Å². The summed E-state index contributed by atoms with van der Waals surface area (Å²) >= 11 is 1.54. The molecule has 1 fully saturated rings. The fourth-order valence-electron chi connectivity index (χ4n) is 3.08. The van der Waals surface area contributed by atoms with Crippen LogP contribution < -0.4 is 5.32 Å². The zero-order chi connectivity index (χ0) is 17.9. The summed E-state index contributed by atoms with van der Waals surface area (Å²) in [5, 5.41) is 5.01. The molecule has 4 rings (SSSR count). The molecule has 1 aromatic carbocycles. The predicted molar refractivity (Wildman–Crippen MR) is 98.2 cm³/mol. The molecule has 0 radical (unpaired) electrons. The molecular weight excluding hydrogens is 352 g/mol. The van der Waals surface area contributed by atoms with Crippen molar-refractivity contribution in [2.45, 2.75) is 32.1 Å². The number of thiazole rings is 1. The zero-order valence-electron chi connectivity index (χ0n) is 14.4. The Labute approximate surface area is 154 Å². The lowest BCUT2D eigenvalue weighted by Gasteiger charge is -2.32. The third-order valence-corrected chi connectivity index (χ3v) is 5.04. The number of hydrogen-bond donors (Lipinski definition) is 2. The Morgan fingerprint density at radius 3 is 3.27 bits per heavy atom. The summed E-state index contributed by atoms with van der Waals surface area (Å²) in [5.74, 6) is 0.686. The molecular formula is C18H20N4O3S. The second-order valence-electron chi connectivity index (χ2n) is 6.33. The summed E-state index contributed by atoms with van der Waals surface area (Å²) in [4.78, 5) is 24.4. The van der Waals surface area contributed by atoms with E-state index in [1.807, 2.05) is 24.4 Å². The third-order valence-electron chi connectivity index (χ3n) is 4.40. The monoisotopic (exact) mass is 372 g/mol. The number of aromatic nitrogens is 3. The molecule has 26 heavy (non-hydrogen) atoms. The molecule has 7 nitrogen and oxygen atoms in total. The van der Waals surface area contributed by atoms with E-state index in [0.29, 0.717) is 25.4 Å². The lowest BCUT2D eigenvalue weighted by Crippen LogP contribution is -2.50. The summed E-state index contributed by atoms with van der Waals surface area (Å²) < 4.78 is 11.5. The maximum absolute atomic E-state index is 12.7. The zero-order valence-corrected chi connectivity index (χ0v) is 15.2. The van der Waals surface area contributed by atoms with Gasteiger partial charge in [-0.3, -0.25) is 4.79 Å². The number of aryl methyl sites for hydroxylation is 1. The third kappa shape index (κ3) is 3.77. The number of hydrogen-bond acceptors (Lipinski definition) is 6. The molecule has 3 heterocycles. The summed E-state index contributed by atoms with van der Waals surface area (Å²) in [7, 11) is 0. The highest BCUT2D eigenvalue weighted by Crippen LogP contribution is 2.17. The van der Waals surface area contributed by atoms with Crippen LogP contribution in [0.25, 0.3) is 11.0 Å². The topological polar surface area (TPSA) is 89.1 Å². The lowest BCUT2D eigenvalue weighted by molar-refractivity contribution is -0.0611. The van der Waals surface area contributed by atoms with E-state index in [4.69, 9.17) is 9.47 Å². The number of fused-ring (bicyclic) bond motifs is 1. The van der Waals surface area contributed by atoms with Crippen LogP contribution in [0.5, 0.6) is 0 Å². The number of H-pyrrole nitrogens is 1. The highest BCUT2D eigenvalue weighted by Gasteiger charge is 2.28. The first-order chi connectivity index (χ1) is 12.7. The molecule has 1 aliphatic rings. The predicted octanol–water partition coefficient (Wildman–Crippen LogP) is 2.43. The summed E-state index contributed by atoms with van der Waals surface area (Å²) in [6.07, 6.45) is 0.654. The Morgan fingerprint density at radius 2 is 2.42 bits per heavy atom. The summed E-state index contributed by atoms with van der Waals surface area (Å²) in [6, 6.07) is 5.27. The Morgan fingerprint density at radius 1 is 1.50 bits per heavy atom. The van der Waals surface area contributed by atoms with Crippen LogP contribution in [0.1, 0.15) is 28.3 Å². The minimum Gasteiger partial charge on any atom is -0.379 e. The van der Waals surface area contributed by atoms with E-state index in [9.17, 15) is 4.79 Å². The molecule has 1 saturated heterocycles. The first-order valence-corrected chi connectivity index (χ1v) is 9.47. The fraction of sp³-hybridized carbons (Fsp3) is 0.389. The standard InChI is InChI=1S/C18H20N4O3S/c1-11-20-14-3-2-12(6-15(14)21-11)18(23)22-16-8-24-5-4-17(16)25-7-13-9-26-10-19-13/h2-3,6,9-10,16-17H,4-5,7-8H2,1H3,(H,20,21)(H,22,23)/t16-,17+/m1/s1. The molecule has 2 atom stereocenters. The average Bonchev–Trinajstić information content (AvgIpc) is 3.28. The Hall–Kier alpha value is -2.29. The van der Waals surface area contributed by atoms with E-state index in [1.165, 1.54) is 0 Å². The summed E-state index contributed by atoms with van der Waals surface area (Å²) in [5.41, 5.74) is 4.99. The van der Waals surface area contributed by atoms with Gasteiger partial charge in [0.25, 0.3) is 5.91 Å². The number of ether oxygens (including phenoxy) is 2. The molecule has 0 unspecified atom stereocenters. The number of imidazole rings is 1. The molecule has 8 heteroatoms. The van der Waals surface area contributed by atoms with Crippen molar-refractivity contribution in [1.82, 2.24) is 20.3 Å². The van der Waals surface area contributed by atoms with Gasteiger partial charge in [-0.2, -0.15) is 0 Å². The van der Waals surface area contributed by atoms with Gasteiger partial charge in [-0.15, -0.1) is 11.3 Å². The summed E-state index contributed by atoms with van der Waals surface area (Å²) in [6.45, 7) is 3.41. The van der Waals surface area contributed by atoms with Gasteiger partial charge in [0, 0.05) is 17.6 Å². The number of nitrogens with one attached hydrogen (secondary N) is 2. The second kappa shape index (κ2) is 7.53. The average molecular weight is 372 g/mol. The van der Waals surface area contributed by atoms with Crippen LogP contribution in [0.15, 0.2) is 29.1 Å². The van der Waals surface area contributed by atoms with Crippen LogP contribution in [0, 0.1) is 6.92 Å². The van der Waals surface area contributed by atoms with Gasteiger partial charge < -0.3 is 19.8 Å². The smallest absolute Gasteiger partial charge is 0.251 e. The minimum absolute atomic E-state index is 0.0902. The van der Waals surface area contributed by atoms with Crippen molar-refractivity contribution in [3.05, 3.63) is 46.2 Å². The van der Waals surface area contributed by atoms with Crippen molar-refractivity contribution < 1.29 is 14.3 Å². The Kier molecular flexibility index (Phi) is 4.96. The van der Waals surface area contributed by atoms with Crippen LogP contribution >= 0.6 is 11.3 Å². The minimum atomic E-state index is -0.186. The van der Waals surface area contributed by atoms with Crippen LogP contribution in [-0.4, -0.2) is 46.2 Å². The first-order valence-electron chi connectivity index (χ1n) is 8.53. The molecule has 1 aliphatic heterocycles. The SMILES string of the molecule is Cc1nc2ccc(C(=O)N[C@@H]3COCC[C@@H]3OCc3cscn3)cc2[nH]1. The quantitative estimate of drug-likeness (QED) is 0.718. The van der Waals surface area contributed by atoms with Crippen molar-refractivity contribution in [1.29, 1.82) is 0 Å². The van der Waals surface area contributed by atoms with E-state index in [2.05, 4.69) is 20.3 Å². The van der Waals surface area contributed by atoms with Crippen molar-refractivity contribution in [3.63, 3.8) is 0 Å².